The fourth-order valence-corrected chi connectivity index (χ4v) is 3.25. The van der Waals surface area contributed by atoms with Gasteiger partial charge in [-0.1, -0.05) is 40.2 Å². The molecule has 1 N–H and O–H groups in total. The third-order valence-electron chi connectivity index (χ3n) is 3.98. The minimum atomic E-state index is -0.373. The second-order valence-corrected chi connectivity index (χ2v) is 8.10. The molecule has 0 spiro atoms. The number of benzene rings is 2. The molecular weight excluding hydrogens is 486 g/mol. The van der Waals surface area contributed by atoms with Crippen molar-refractivity contribution in [2.75, 3.05) is 19.0 Å². The maximum absolute atomic E-state index is 12.4. The zero-order valence-corrected chi connectivity index (χ0v) is 18.6. The number of amides is 1. The predicted molar refractivity (Wildman–Crippen MR) is 119 cm³/mol. The maximum atomic E-state index is 12.4. The summed E-state index contributed by atoms with van der Waals surface area (Å²) in [6.45, 7) is 0.570. The van der Waals surface area contributed by atoms with Crippen LogP contribution in [0.5, 0.6) is 0 Å². The second kappa shape index (κ2) is 9.16. The van der Waals surface area contributed by atoms with E-state index in [4.69, 9.17) is 0 Å². The Hall–Kier alpha value is -2.45. The highest BCUT2D eigenvalue weighted by Crippen LogP contribution is 2.17. The Morgan fingerprint density at radius 2 is 1.82 bits per heavy atom. The van der Waals surface area contributed by atoms with Crippen molar-refractivity contribution < 1.29 is 4.79 Å². The van der Waals surface area contributed by atoms with Crippen molar-refractivity contribution in [3.05, 3.63) is 80.5 Å². The monoisotopic (exact) mass is 503 g/mol. The van der Waals surface area contributed by atoms with Crippen molar-refractivity contribution in [1.29, 1.82) is 0 Å². The molecule has 8 heteroatoms. The molecule has 1 aromatic heterocycles. The molecule has 0 atom stereocenters. The van der Waals surface area contributed by atoms with E-state index >= 15 is 0 Å². The minimum Gasteiger partial charge on any atom is -0.378 e. The van der Waals surface area contributed by atoms with Crippen molar-refractivity contribution in [1.82, 2.24) is 15.2 Å². The molecule has 0 saturated heterocycles. The Morgan fingerprint density at radius 1 is 1.14 bits per heavy atom. The molecule has 6 nitrogen and oxygen atoms in total. The summed E-state index contributed by atoms with van der Waals surface area (Å²) in [6, 6.07) is 15.8. The molecule has 0 radical (unpaired) electrons. The number of nitrogens with zero attached hydrogens (tertiary/aromatic N) is 4. The molecule has 0 saturated carbocycles. The van der Waals surface area contributed by atoms with Gasteiger partial charge in [0.2, 0.25) is 0 Å². The first-order valence-corrected chi connectivity index (χ1v) is 10.1. The summed E-state index contributed by atoms with van der Waals surface area (Å²) in [5.41, 5.74) is 5.89. The van der Waals surface area contributed by atoms with Crippen molar-refractivity contribution in [3.63, 3.8) is 0 Å². The zero-order valence-electron chi connectivity index (χ0n) is 15.4. The number of anilines is 1. The third kappa shape index (κ3) is 5.30. The molecule has 1 heterocycles. The van der Waals surface area contributed by atoms with E-state index < -0.39 is 0 Å². The van der Waals surface area contributed by atoms with Gasteiger partial charge in [0, 0.05) is 30.5 Å². The number of hydrogen-bond donors (Lipinski definition) is 1. The van der Waals surface area contributed by atoms with Gasteiger partial charge in [0.15, 0.2) is 5.69 Å². The van der Waals surface area contributed by atoms with E-state index in [1.54, 1.807) is 17.1 Å². The molecule has 1 amide bonds. The van der Waals surface area contributed by atoms with Gasteiger partial charge in [-0.05, 0) is 51.3 Å². The molecule has 28 heavy (non-hydrogen) atoms. The molecule has 0 aliphatic carbocycles. The van der Waals surface area contributed by atoms with Crippen LogP contribution in [0.1, 0.15) is 21.6 Å². The first kappa shape index (κ1) is 20.3. The van der Waals surface area contributed by atoms with Gasteiger partial charge in [0.25, 0.3) is 5.91 Å². The van der Waals surface area contributed by atoms with Crippen molar-refractivity contribution >= 4 is 49.7 Å². The number of halogens is 2. The molecule has 0 unspecified atom stereocenters. The average Bonchev–Trinajstić information content (AvgIpc) is 3.04. The summed E-state index contributed by atoms with van der Waals surface area (Å²) in [6.07, 6.45) is 3.38. The van der Waals surface area contributed by atoms with Crippen LogP contribution < -0.4 is 10.3 Å². The summed E-state index contributed by atoms with van der Waals surface area (Å²) in [5, 5.41) is 8.37. The lowest BCUT2D eigenvalue weighted by Crippen LogP contribution is -2.19. The van der Waals surface area contributed by atoms with Crippen molar-refractivity contribution in [2.24, 2.45) is 5.10 Å². The van der Waals surface area contributed by atoms with E-state index in [0.717, 1.165) is 21.3 Å². The van der Waals surface area contributed by atoms with E-state index in [2.05, 4.69) is 47.5 Å². The molecule has 0 aliphatic rings. The Balaban J connectivity index is 1.62. The molecule has 2 aromatic carbocycles. The lowest BCUT2D eigenvalue weighted by Gasteiger charge is -2.11. The van der Waals surface area contributed by atoms with Crippen LogP contribution in [0.2, 0.25) is 0 Å². The number of aromatic nitrogens is 2. The van der Waals surface area contributed by atoms with E-state index in [-0.39, 0.29) is 11.6 Å². The molecule has 0 fully saturated rings. The summed E-state index contributed by atoms with van der Waals surface area (Å²) in [7, 11) is 3.97. The van der Waals surface area contributed by atoms with Crippen molar-refractivity contribution in [3.8, 4) is 0 Å². The number of hydrazone groups is 1. The normalized spacial score (nSPS) is 11.0. The number of rotatable bonds is 6. The van der Waals surface area contributed by atoms with Crippen LogP contribution in [-0.2, 0) is 6.54 Å². The highest BCUT2D eigenvalue weighted by Gasteiger charge is 2.14. The van der Waals surface area contributed by atoms with Gasteiger partial charge >= 0.3 is 0 Å². The van der Waals surface area contributed by atoms with Crippen molar-refractivity contribution in [2.45, 2.75) is 6.54 Å². The number of nitrogens with one attached hydrogen (secondary N) is 1. The Kier molecular flexibility index (Phi) is 6.64. The Labute approximate surface area is 180 Å². The Bertz CT molecular complexity index is 979. The zero-order chi connectivity index (χ0) is 20.1. The highest BCUT2D eigenvalue weighted by molar-refractivity contribution is 9.10. The number of carbonyl (C=O) groups excluding carboxylic acids is 1. The summed E-state index contributed by atoms with van der Waals surface area (Å²) in [4.78, 5) is 14.4. The molecular formula is C20H19Br2N5O. The van der Waals surface area contributed by atoms with Crippen LogP contribution in [0.15, 0.2) is 68.8 Å². The minimum absolute atomic E-state index is 0.289. The lowest BCUT2D eigenvalue weighted by molar-refractivity contribution is 0.0948. The number of hydrogen-bond acceptors (Lipinski definition) is 4. The van der Waals surface area contributed by atoms with Gasteiger partial charge in [-0.25, -0.2) is 5.43 Å². The molecule has 0 bridgehead atoms. The van der Waals surface area contributed by atoms with E-state index in [1.165, 1.54) is 0 Å². The first-order valence-electron chi connectivity index (χ1n) is 8.50. The fraction of sp³-hybridized carbons (Fsp3) is 0.150. The summed E-state index contributed by atoms with van der Waals surface area (Å²) < 4.78 is 3.35. The Morgan fingerprint density at radius 3 is 2.46 bits per heavy atom. The van der Waals surface area contributed by atoms with Gasteiger partial charge in [0.05, 0.1) is 17.2 Å². The van der Waals surface area contributed by atoms with E-state index in [0.29, 0.717) is 11.0 Å². The quantitative estimate of drug-likeness (QED) is 0.402. The average molecular weight is 505 g/mol. The highest BCUT2D eigenvalue weighted by atomic mass is 79.9. The fourth-order valence-electron chi connectivity index (χ4n) is 2.49. The van der Waals surface area contributed by atoms with Crippen LogP contribution >= 0.6 is 31.9 Å². The molecule has 3 rings (SSSR count). The standard InChI is InChI=1S/C20H19Br2N5O/c1-26(2)17-9-5-14(6-10-17)11-23-24-20(28)19-18(22)13-27(25-19)12-15-3-7-16(21)8-4-15/h3-11,13H,12H2,1-2H3,(H,24,28). The van der Waals surface area contributed by atoms with Crippen LogP contribution in [0.25, 0.3) is 0 Å². The predicted octanol–water partition coefficient (Wildman–Crippen LogP) is 4.29. The maximum Gasteiger partial charge on any atom is 0.293 e. The van der Waals surface area contributed by atoms with Gasteiger partial charge in [-0.2, -0.15) is 10.2 Å². The summed E-state index contributed by atoms with van der Waals surface area (Å²) >= 11 is 6.81. The van der Waals surface area contributed by atoms with Gasteiger partial charge in [-0.15, -0.1) is 0 Å². The first-order chi connectivity index (χ1) is 13.4. The topological polar surface area (TPSA) is 62.5 Å². The SMILES string of the molecule is CN(C)c1ccc(C=NNC(=O)c2nn(Cc3ccc(Br)cc3)cc2Br)cc1. The van der Waals surface area contributed by atoms with E-state index in [9.17, 15) is 4.79 Å². The third-order valence-corrected chi connectivity index (χ3v) is 5.09. The molecule has 144 valence electrons. The van der Waals surface area contributed by atoms with Gasteiger partial charge in [0.1, 0.15) is 0 Å². The molecule has 0 aliphatic heterocycles. The molecule has 3 aromatic rings. The van der Waals surface area contributed by atoms with Crippen LogP contribution in [0.3, 0.4) is 0 Å². The summed E-state index contributed by atoms with van der Waals surface area (Å²) in [5.74, 6) is -0.373. The van der Waals surface area contributed by atoms with E-state index in [1.807, 2.05) is 67.5 Å². The second-order valence-electron chi connectivity index (χ2n) is 6.33. The van der Waals surface area contributed by atoms with Crippen LogP contribution in [-0.4, -0.2) is 36.0 Å². The lowest BCUT2D eigenvalue weighted by atomic mass is 10.2. The smallest absolute Gasteiger partial charge is 0.293 e. The van der Waals surface area contributed by atoms with Crippen LogP contribution in [0, 0.1) is 0 Å². The number of carbonyl (C=O) groups is 1. The van der Waals surface area contributed by atoms with Crippen LogP contribution in [0.4, 0.5) is 5.69 Å². The van der Waals surface area contributed by atoms with Gasteiger partial charge in [-0.3, -0.25) is 9.48 Å². The van der Waals surface area contributed by atoms with Gasteiger partial charge < -0.3 is 4.90 Å². The largest absolute Gasteiger partial charge is 0.378 e.